The number of nitrogens with zero attached hydrogens (tertiary/aromatic N) is 6. The van der Waals surface area contributed by atoms with Crippen LogP contribution in [-0.4, -0.2) is 35.6 Å². The molecule has 0 saturated carbocycles. The summed E-state index contributed by atoms with van der Waals surface area (Å²) < 4.78 is 0.966. The van der Waals surface area contributed by atoms with Gasteiger partial charge in [0.05, 0.1) is 26.4 Å². The van der Waals surface area contributed by atoms with Crippen LogP contribution in [0, 0.1) is 0 Å². The largest absolute Gasteiger partial charge is 0.245 e. The molecule has 4 aromatic rings. The van der Waals surface area contributed by atoms with Gasteiger partial charge in [-0.3, -0.25) is 0 Å². The number of thiazole rings is 1. The van der Waals surface area contributed by atoms with Crippen molar-refractivity contribution in [1.82, 2.24) is 35.6 Å². The van der Waals surface area contributed by atoms with Gasteiger partial charge in [-0.15, -0.1) is 21.5 Å². The van der Waals surface area contributed by atoms with E-state index >= 15 is 0 Å². The lowest BCUT2D eigenvalue weighted by molar-refractivity contribution is 0.881. The van der Waals surface area contributed by atoms with E-state index in [1.54, 1.807) is 11.6 Å². The summed E-state index contributed by atoms with van der Waals surface area (Å²) in [5.74, 6) is 0.416. The Balaban J connectivity index is 1.86. The zero-order valence-corrected chi connectivity index (χ0v) is 11.9. The molecule has 0 aliphatic rings. The molecule has 0 unspecified atom stereocenters. The predicted octanol–water partition coefficient (Wildman–Crippen LogP) is 2.59. The van der Waals surface area contributed by atoms with Gasteiger partial charge in [0.2, 0.25) is 5.82 Å². The lowest BCUT2D eigenvalue weighted by Crippen LogP contribution is -1.91. The molecule has 0 aliphatic carbocycles. The van der Waals surface area contributed by atoms with E-state index in [1.165, 1.54) is 17.7 Å². The summed E-state index contributed by atoms with van der Waals surface area (Å²) in [5, 5.41) is 14.4. The van der Waals surface area contributed by atoms with Gasteiger partial charge in [0.1, 0.15) is 12.0 Å². The van der Waals surface area contributed by atoms with E-state index in [0.29, 0.717) is 16.5 Å². The highest BCUT2D eigenvalue weighted by Crippen LogP contribution is 2.32. The first-order valence-corrected chi connectivity index (χ1v) is 7.16. The van der Waals surface area contributed by atoms with Crippen LogP contribution in [0.15, 0.2) is 30.0 Å². The van der Waals surface area contributed by atoms with Crippen molar-refractivity contribution >= 4 is 33.2 Å². The number of H-pyrrole nitrogens is 1. The fourth-order valence-corrected chi connectivity index (χ4v) is 3.01. The first kappa shape index (κ1) is 12.3. The minimum Gasteiger partial charge on any atom is -0.245 e. The first-order valence-electron chi connectivity index (χ1n) is 5.90. The summed E-state index contributed by atoms with van der Waals surface area (Å²) in [7, 11) is 0. The molecule has 0 aliphatic heterocycles. The maximum absolute atomic E-state index is 6.28. The molecule has 102 valence electrons. The summed E-state index contributed by atoms with van der Waals surface area (Å²) in [6, 6.07) is 5.60. The molecule has 0 spiro atoms. The molecule has 0 radical (unpaired) electrons. The van der Waals surface area contributed by atoms with Crippen LogP contribution in [0.2, 0.25) is 5.02 Å². The zero-order valence-electron chi connectivity index (χ0n) is 10.4. The Morgan fingerprint density at radius 1 is 1.05 bits per heavy atom. The molecule has 3 heterocycles. The highest BCUT2D eigenvalue weighted by atomic mass is 35.5. The fourth-order valence-electron chi connectivity index (χ4n) is 1.98. The molecule has 4 rings (SSSR count). The standard InChI is InChI=1S/C12H6ClN7S/c13-7-1-6(2-9-11(7)21-5-16-9)8-3-10(15-4-14-8)12-17-19-20-18-12/h1-5H,(H,17,18,19,20). The van der Waals surface area contributed by atoms with Crippen LogP contribution in [0.25, 0.3) is 33.0 Å². The Labute approximate surface area is 127 Å². The van der Waals surface area contributed by atoms with Gasteiger partial charge >= 0.3 is 0 Å². The number of tetrazole rings is 1. The molecule has 0 bridgehead atoms. The summed E-state index contributed by atoms with van der Waals surface area (Å²) in [6.45, 7) is 0. The van der Waals surface area contributed by atoms with E-state index in [1.807, 2.05) is 12.1 Å². The van der Waals surface area contributed by atoms with E-state index in [-0.39, 0.29) is 0 Å². The third kappa shape index (κ3) is 2.14. The van der Waals surface area contributed by atoms with Gasteiger partial charge < -0.3 is 0 Å². The number of nitrogens with one attached hydrogen (secondary N) is 1. The number of fused-ring (bicyclic) bond motifs is 1. The maximum Gasteiger partial charge on any atom is 0.223 e. The Morgan fingerprint density at radius 2 is 1.95 bits per heavy atom. The quantitative estimate of drug-likeness (QED) is 0.611. The number of benzene rings is 1. The Morgan fingerprint density at radius 3 is 2.81 bits per heavy atom. The molecular weight excluding hydrogens is 310 g/mol. The van der Waals surface area contributed by atoms with Crippen molar-refractivity contribution in [2.45, 2.75) is 0 Å². The van der Waals surface area contributed by atoms with Gasteiger partial charge in [0, 0.05) is 5.56 Å². The molecule has 1 aromatic carbocycles. The van der Waals surface area contributed by atoms with Crippen molar-refractivity contribution < 1.29 is 0 Å². The highest BCUT2D eigenvalue weighted by Gasteiger charge is 2.11. The van der Waals surface area contributed by atoms with Gasteiger partial charge in [0.15, 0.2) is 0 Å². The number of aromatic nitrogens is 7. The van der Waals surface area contributed by atoms with Gasteiger partial charge in [0.25, 0.3) is 0 Å². The molecule has 0 saturated heterocycles. The van der Waals surface area contributed by atoms with Crippen molar-refractivity contribution in [3.63, 3.8) is 0 Å². The Hall–Kier alpha value is -2.45. The van der Waals surface area contributed by atoms with Crippen LogP contribution in [-0.2, 0) is 0 Å². The van der Waals surface area contributed by atoms with Crippen LogP contribution in [0.1, 0.15) is 0 Å². The van der Waals surface area contributed by atoms with Crippen LogP contribution < -0.4 is 0 Å². The molecule has 0 fully saturated rings. The normalized spacial score (nSPS) is 11.1. The zero-order chi connectivity index (χ0) is 14.2. The monoisotopic (exact) mass is 315 g/mol. The van der Waals surface area contributed by atoms with Gasteiger partial charge in [-0.05, 0) is 23.4 Å². The number of aromatic amines is 1. The predicted molar refractivity (Wildman–Crippen MR) is 78.8 cm³/mol. The van der Waals surface area contributed by atoms with Crippen molar-refractivity contribution in [3.8, 4) is 22.8 Å². The number of halogens is 1. The average molecular weight is 316 g/mol. The second-order valence-electron chi connectivity index (χ2n) is 4.18. The van der Waals surface area contributed by atoms with Crippen molar-refractivity contribution in [3.05, 3.63) is 35.1 Å². The topological polar surface area (TPSA) is 93.1 Å². The van der Waals surface area contributed by atoms with E-state index in [0.717, 1.165) is 21.5 Å². The minimum atomic E-state index is 0.416. The highest BCUT2D eigenvalue weighted by molar-refractivity contribution is 7.17. The summed E-state index contributed by atoms with van der Waals surface area (Å²) >= 11 is 7.79. The second-order valence-corrected chi connectivity index (χ2v) is 5.44. The van der Waals surface area contributed by atoms with E-state index in [2.05, 4.69) is 35.6 Å². The SMILES string of the molecule is Clc1cc(-c2cc(-c3nn[nH]n3)ncn2)cc2ncsc12. The third-order valence-corrected chi connectivity index (χ3v) is 4.21. The Bertz CT molecular complexity index is 918. The molecule has 3 aromatic heterocycles. The Kier molecular flexibility index (Phi) is 2.83. The van der Waals surface area contributed by atoms with Gasteiger partial charge in [-0.2, -0.15) is 5.21 Å². The molecule has 0 atom stereocenters. The van der Waals surface area contributed by atoms with E-state index in [9.17, 15) is 0 Å². The molecule has 1 N–H and O–H groups in total. The summed E-state index contributed by atoms with van der Waals surface area (Å²) in [5.41, 5.74) is 4.79. The third-order valence-electron chi connectivity index (χ3n) is 2.92. The van der Waals surface area contributed by atoms with Crippen molar-refractivity contribution in [2.24, 2.45) is 0 Å². The summed E-state index contributed by atoms with van der Waals surface area (Å²) in [4.78, 5) is 12.7. The number of rotatable bonds is 2. The van der Waals surface area contributed by atoms with Crippen LogP contribution in [0.4, 0.5) is 0 Å². The molecule has 7 nitrogen and oxygen atoms in total. The molecule has 9 heteroatoms. The smallest absolute Gasteiger partial charge is 0.223 e. The van der Waals surface area contributed by atoms with Crippen molar-refractivity contribution in [2.75, 3.05) is 0 Å². The number of hydrogen-bond donors (Lipinski definition) is 1. The van der Waals surface area contributed by atoms with Gasteiger partial charge in [-0.1, -0.05) is 11.6 Å². The first-order chi connectivity index (χ1) is 10.3. The lowest BCUT2D eigenvalue weighted by Gasteiger charge is -2.03. The van der Waals surface area contributed by atoms with Crippen molar-refractivity contribution in [1.29, 1.82) is 0 Å². The van der Waals surface area contributed by atoms with E-state index < -0.39 is 0 Å². The molecular formula is C12H6ClN7S. The number of hydrogen-bond acceptors (Lipinski definition) is 7. The van der Waals surface area contributed by atoms with Gasteiger partial charge in [-0.25, -0.2) is 15.0 Å². The van der Waals surface area contributed by atoms with Crippen LogP contribution >= 0.6 is 22.9 Å². The molecule has 21 heavy (non-hydrogen) atoms. The second kappa shape index (κ2) is 4.83. The van der Waals surface area contributed by atoms with Crippen LogP contribution in [0.5, 0.6) is 0 Å². The molecule has 0 amide bonds. The van der Waals surface area contributed by atoms with E-state index in [4.69, 9.17) is 11.6 Å². The maximum atomic E-state index is 6.28. The summed E-state index contributed by atoms with van der Waals surface area (Å²) in [6.07, 6.45) is 1.46. The average Bonchev–Trinajstić information content (AvgIpc) is 3.19. The fraction of sp³-hybridized carbons (Fsp3) is 0. The minimum absolute atomic E-state index is 0.416. The van der Waals surface area contributed by atoms with Crippen LogP contribution in [0.3, 0.4) is 0 Å². The lowest BCUT2D eigenvalue weighted by atomic mass is 10.1.